The summed E-state index contributed by atoms with van der Waals surface area (Å²) in [7, 11) is 0. The number of pyridine rings is 1. The smallest absolute Gasteiger partial charge is 0.129 e. The molecule has 0 saturated carbocycles. The maximum Gasteiger partial charge on any atom is 0.129 e. The van der Waals surface area contributed by atoms with Gasteiger partial charge in [0.15, 0.2) is 0 Å². The molecule has 0 N–H and O–H groups in total. The highest BCUT2D eigenvalue weighted by Crippen LogP contribution is 2.15. The highest BCUT2D eigenvalue weighted by atomic mass is 35.5. The van der Waals surface area contributed by atoms with E-state index in [1.165, 1.54) is 18.4 Å². The molecule has 1 aromatic heterocycles. The van der Waals surface area contributed by atoms with Crippen LogP contribution in [0.3, 0.4) is 0 Å². The summed E-state index contributed by atoms with van der Waals surface area (Å²) in [6, 6.07) is 12.0. The third kappa shape index (κ3) is 4.56. The number of hydrogen-bond donors (Lipinski definition) is 0. The van der Waals surface area contributed by atoms with E-state index in [-0.39, 0.29) is 0 Å². The lowest BCUT2D eigenvalue weighted by molar-refractivity contribution is 0.305. The number of halogens is 1. The van der Waals surface area contributed by atoms with Gasteiger partial charge in [-0.1, -0.05) is 43.1 Å². The largest absolute Gasteiger partial charge is 0.489 e. The van der Waals surface area contributed by atoms with Gasteiger partial charge in [0.1, 0.15) is 17.5 Å². The van der Waals surface area contributed by atoms with E-state index in [0.717, 1.165) is 17.7 Å². The van der Waals surface area contributed by atoms with E-state index >= 15 is 0 Å². The Balaban J connectivity index is 1.87. The molecule has 0 atom stereocenters. The number of rotatable bonds is 6. The summed E-state index contributed by atoms with van der Waals surface area (Å²) in [5.41, 5.74) is 2.38. The van der Waals surface area contributed by atoms with E-state index in [9.17, 15) is 0 Å². The SMILES string of the molecule is CCCCc1ccc(OCc2ccc(Cl)nc2)cc1. The highest BCUT2D eigenvalue weighted by molar-refractivity contribution is 6.29. The lowest BCUT2D eigenvalue weighted by atomic mass is 10.1. The van der Waals surface area contributed by atoms with Crippen molar-refractivity contribution >= 4 is 11.6 Å². The minimum atomic E-state index is 0.504. The van der Waals surface area contributed by atoms with E-state index in [2.05, 4.69) is 24.0 Å². The summed E-state index contributed by atoms with van der Waals surface area (Å²) >= 11 is 5.74. The van der Waals surface area contributed by atoms with Crippen LogP contribution in [0.4, 0.5) is 0 Å². The Bertz CT molecular complexity index is 493. The molecule has 1 heterocycles. The Hall–Kier alpha value is -1.54. The van der Waals surface area contributed by atoms with E-state index in [1.807, 2.05) is 18.2 Å². The number of ether oxygens (including phenoxy) is 1. The van der Waals surface area contributed by atoms with Crippen molar-refractivity contribution in [2.45, 2.75) is 32.8 Å². The van der Waals surface area contributed by atoms with Crippen molar-refractivity contribution < 1.29 is 4.74 Å². The molecule has 0 saturated heterocycles. The van der Waals surface area contributed by atoms with Crippen molar-refractivity contribution in [3.8, 4) is 5.75 Å². The van der Waals surface area contributed by atoms with Crippen LogP contribution in [-0.2, 0) is 13.0 Å². The third-order valence-electron chi connectivity index (χ3n) is 2.94. The van der Waals surface area contributed by atoms with Gasteiger partial charge < -0.3 is 4.74 Å². The molecule has 100 valence electrons. The van der Waals surface area contributed by atoms with E-state index in [1.54, 1.807) is 12.3 Å². The number of aromatic nitrogens is 1. The zero-order valence-electron chi connectivity index (χ0n) is 11.1. The summed E-state index contributed by atoms with van der Waals surface area (Å²) in [5.74, 6) is 0.884. The molecule has 0 aliphatic rings. The van der Waals surface area contributed by atoms with Gasteiger partial charge in [-0.25, -0.2) is 4.98 Å². The van der Waals surface area contributed by atoms with Crippen LogP contribution in [0.25, 0.3) is 0 Å². The number of benzene rings is 1. The second-order valence-corrected chi connectivity index (χ2v) is 4.91. The fraction of sp³-hybridized carbons (Fsp3) is 0.312. The molecule has 1 aromatic carbocycles. The molecule has 19 heavy (non-hydrogen) atoms. The Labute approximate surface area is 119 Å². The first-order valence-corrected chi connectivity index (χ1v) is 6.98. The van der Waals surface area contributed by atoms with Crippen molar-refractivity contribution in [1.29, 1.82) is 0 Å². The molecular formula is C16H18ClNO. The summed E-state index contributed by atoms with van der Waals surface area (Å²) in [6.07, 6.45) is 5.33. The summed E-state index contributed by atoms with van der Waals surface area (Å²) in [4.78, 5) is 4.02. The molecule has 0 unspecified atom stereocenters. The molecule has 0 spiro atoms. The number of unbranched alkanes of at least 4 members (excludes halogenated alkanes) is 1. The van der Waals surface area contributed by atoms with Crippen LogP contribution in [0.1, 0.15) is 30.9 Å². The summed E-state index contributed by atoms with van der Waals surface area (Å²) < 4.78 is 5.71. The molecule has 0 aliphatic carbocycles. The Morgan fingerprint density at radius 1 is 1.05 bits per heavy atom. The Morgan fingerprint density at radius 2 is 1.79 bits per heavy atom. The van der Waals surface area contributed by atoms with Gasteiger partial charge in [0.05, 0.1) is 0 Å². The molecule has 0 amide bonds. The van der Waals surface area contributed by atoms with Gasteiger partial charge >= 0.3 is 0 Å². The molecule has 2 aromatic rings. The van der Waals surface area contributed by atoms with Crippen molar-refractivity contribution in [2.24, 2.45) is 0 Å². The topological polar surface area (TPSA) is 22.1 Å². The average Bonchev–Trinajstić information content (AvgIpc) is 2.46. The van der Waals surface area contributed by atoms with Crippen molar-refractivity contribution in [3.63, 3.8) is 0 Å². The minimum Gasteiger partial charge on any atom is -0.489 e. The quantitative estimate of drug-likeness (QED) is 0.716. The van der Waals surface area contributed by atoms with Crippen molar-refractivity contribution in [1.82, 2.24) is 4.98 Å². The van der Waals surface area contributed by atoms with Gasteiger partial charge in [-0.3, -0.25) is 0 Å². The van der Waals surface area contributed by atoms with Gasteiger partial charge in [0.2, 0.25) is 0 Å². The first-order valence-electron chi connectivity index (χ1n) is 6.60. The average molecular weight is 276 g/mol. The first-order chi connectivity index (χ1) is 9.28. The first kappa shape index (κ1) is 13.9. The fourth-order valence-corrected chi connectivity index (χ4v) is 1.90. The van der Waals surface area contributed by atoms with Crippen LogP contribution in [0.5, 0.6) is 5.75 Å². The maximum atomic E-state index is 5.74. The van der Waals surface area contributed by atoms with Gasteiger partial charge in [-0.2, -0.15) is 0 Å². The highest BCUT2D eigenvalue weighted by Gasteiger charge is 1.98. The lowest BCUT2D eigenvalue weighted by Crippen LogP contribution is -1.96. The van der Waals surface area contributed by atoms with Gasteiger partial charge in [-0.15, -0.1) is 0 Å². The van der Waals surface area contributed by atoms with E-state index in [0.29, 0.717) is 11.8 Å². The Morgan fingerprint density at radius 3 is 2.42 bits per heavy atom. The van der Waals surface area contributed by atoms with Gasteiger partial charge in [-0.05, 0) is 36.6 Å². The molecule has 0 radical (unpaired) electrons. The molecule has 2 nitrogen and oxygen atoms in total. The third-order valence-corrected chi connectivity index (χ3v) is 3.16. The van der Waals surface area contributed by atoms with Crippen LogP contribution >= 0.6 is 11.6 Å². The monoisotopic (exact) mass is 275 g/mol. The summed E-state index contributed by atoms with van der Waals surface area (Å²) in [5, 5.41) is 0.504. The lowest BCUT2D eigenvalue weighted by Gasteiger charge is -2.07. The van der Waals surface area contributed by atoms with Gasteiger partial charge in [0.25, 0.3) is 0 Å². The second-order valence-electron chi connectivity index (χ2n) is 4.53. The maximum absolute atomic E-state index is 5.74. The van der Waals surface area contributed by atoms with Crippen molar-refractivity contribution in [2.75, 3.05) is 0 Å². The zero-order chi connectivity index (χ0) is 13.5. The molecule has 0 fully saturated rings. The van der Waals surface area contributed by atoms with Gasteiger partial charge in [0, 0.05) is 11.8 Å². The number of aryl methyl sites for hydroxylation is 1. The van der Waals surface area contributed by atoms with E-state index < -0.39 is 0 Å². The molecule has 0 aliphatic heterocycles. The second kappa shape index (κ2) is 7.15. The van der Waals surface area contributed by atoms with Crippen LogP contribution in [0.15, 0.2) is 42.6 Å². The van der Waals surface area contributed by atoms with Crippen LogP contribution < -0.4 is 4.74 Å². The molecular weight excluding hydrogens is 258 g/mol. The van der Waals surface area contributed by atoms with Crippen LogP contribution in [0.2, 0.25) is 5.15 Å². The van der Waals surface area contributed by atoms with Crippen LogP contribution in [-0.4, -0.2) is 4.98 Å². The molecule has 3 heteroatoms. The number of hydrogen-bond acceptors (Lipinski definition) is 2. The Kier molecular flexibility index (Phi) is 5.22. The predicted octanol–water partition coefficient (Wildman–Crippen LogP) is 4.66. The van der Waals surface area contributed by atoms with E-state index in [4.69, 9.17) is 16.3 Å². The number of nitrogens with zero attached hydrogens (tertiary/aromatic N) is 1. The summed E-state index contributed by atoms with van der Waals surface area (Å²) in [6.45, 7) is 2.72. The fourth-order valence-electron chi connectivity index (χ4n) is 1.79. The minimum absolute atomic E-state index is 0.504. The molecule has 0 bridgehead atoms. The van der Waals surface area contributed by atoms with Crippen molar-refractivity contribution in [3.05, 3.63) is 58.9 Å². The standard InChI is InChI=1S/C16H18ClNO/c1-2-3-4-13-5-8-15(9-6-13)19-12-14-7-10-16(17)18-11-14/h5-11H,2-4,12H2,1H3. The zero-order valence-corrected chi connectivity index (χ0v) is 11.9. The predicted molar refractivity (Wildman–Crippen MR) is 78.6 cm³/mol. The normalized spacial score (nSPS) is 10.4. The van der Waals surface area contributed by atoms with Crippen LogP contribution in [0, 0.1) is 0 Å². The molecule has 2 rings (SSSR count).